The Bertz CT molecular complexity index is 633. The van der Waals surface area contributed by atoms with Crippen LogP contribution in [0, 0.1) is 6.92 Å². The summed E-state index contributed by atoms with van der Waals surface area (Å²) in [5.74, 6) is 0.882. The second-order valence-corrected chi connectivity index (χ2v) is 5.90. The predicted octanol–water partition coefficient (Wildman–Crippen LogP) is 1.74. The van der Waals surface area contributed by atoms with Crippen LogP contribution < -0.4 is 5.32 Å². The number of carbonyl (C=O) groups excluding carboxylic acids is 1. The lowest BCUT2D eigenvalue weighted by atomic mass is 10.2. The molecule has 0 saturated carbocycles. The van der Waals surface area contributed by atoms with E-state index in [-0.39, 0.29) is 5.91 Å². The first-order valence-electron chi connectivity index (χ1n) is 7.91. The number of aryl methyl sites for hydroxylation is 1. The van der Waals surface area contributed by atoms with Gasteiger partial charge in [0, 0.05) is 44.5 Å². The van der Waals surface area contributed by atoms with E-state index in [9.17, 15) is 4.79 Å². The van der Waals surface area contributed by atoms with Crippen LogP contribution in [0.15, 0.2) is 40.9 Å². The third-order valence-electron chi connectivity index (χ3n) is 3.95. The van der Waals surface area contributed by atoms with E-state index in [0.29, 0.717) is 6.54 Å². The summed E-state index contributed by atoms with van der Waals surface area (Å²) in [4.78, 5) is 16.6. The summed E-state index contributed by atoms with van der Waals surface area (Å²) < 4.78 is 5.10. The van der Waals surface area contributed by atoms with Crippen LogP contribution in [0.1, 0.15) is 11.5 Å². The molecule has 0 spiro atoms. The topological polar surface area (TPSA) is 61.6 Å². The molecule has 2 aromatic rings. The molecule has 122 valence electrons. The van der Waals surface area contributed by atoms with Crippen LogP contribution in [0.2, 0.25) is 0 Å². The number of carbonyl (C=O) groups is 1. The van der Waals surface area contributed by atoms with Gasteiger partial charge in [-0.1, -0.05) is 23.4 Å². The van der Waals surface area contributed by atoms with Gasteiger partial charge in [-0.05, 0) is 19.1 Å². The largest absolute Gasteiger partial charge is 0.361 e. The maximum atomic E-state index is 12.1. The SMILES string of the molecule is Cc1cc(CN2CCN(CC(=O)Nc3ccccc3)CC2)no1. The van der Waals surface area contributed by atoms with E-state index in [1.807, 2.05) is 43.3 Å². The molecule has 1 amide bonds. The normalized spacial score (nSPS) is 16.4. The molecule has 0 radical (unpaired) electrons. The van der Waals surface area contributed by atoms with Crippen LogP contribution in [0.4, 0.5) is 5.69 Å². The van der Waals surface area contributed by atoms with Gasteiger partial charge in [0.15, 0.2) is 0 Å². The fourth-order valence-electron chi connectivity index (χ4n) is 2.75. The zero-order valence-electron chi connectivity index (χ0n) is 13.4. The molecule has 1 aliphatic rings. The Morgan fingerprint density at radius 2 is 1.87 bits per heavy atom. The number of nitrogens with one attached hydrogen (secondary N) is 1. The Labute approximate surface area is 136 Å². The molecule has 1 saturated heterocycles. The minimum Gasteiger partial charge on any atom is -0.361 e. The number of nitrogens with zero attached hydrogens (tertiary/aromatic N) is 3. The number of piperazine rings is 1. The highest BCUT2D eigenvalue weighted by Gasteiger charge is 2.19. The molecule has 0 atom stereocenters. The Hall–Kier alpha value is -2.18. The average Bonchev–Trinajstić information content (AvgIpc) is 2.95. The summed E-state index contributed by atoms with van der Waals surface area (Å²) in [7, 11) is 0. The van der Waals surface area contributed by atoms with Crippen molar-refractivity contribution in [2.45, 2.75) is 13.5 Å². The Kier molecular flexibility index (Phi) is 5.05. The fourth-order valence-corrected chi connectivity index (χ4v) is 2.75. The van der Waals surface area contributed by atoms with Crippen molar-refractivity contribution >= 4 is 11.6 Å². The van der Waals surface area contributed by atoms with Gasteiger partial charge in [-0.3, -0.25) is 14.6 Å². The smallest absolute Gasteiger partial charge is 0.238 e. The highest BCUT2D eigenvalue weighted by atomic mass is 16.5. The second kappa shape index (κ2) is 7.39. The molecular formula is C17H22N4O2. The van der Waals surface area contributed by atoms with Crippen molar-refractivity contribution in [2.75, 3.05) is 38.0 Å². The van der Waals surface area contributed by atoms with Crippen molar-refractivity contribution in [3.63, 3.8) is 0 Å². The van der Waals surface area contributed by atoms with Gasteiger partial charge in [0.05, 0.1) is 12.2 Å². The van der Waals surface area contributed by atoms with Crippen molar-refractivity contribution < 1.29 is 9.32 Å². The molecular weight excluding hydrogens is 292 g/mol. The highest BCUT2D eigenvalue weighted by molar-refractivity contribution is 5.92. The van der Waals surface area contributed by atoms with E-state index in [1.54, 1.807) is 0 Å². The van der Waals surface area contributed by atoms with Gasteiger partial charge < -0.3 is 9.84 Å². The zero-order chi connectivity index (χ0) is 16.1. The Morgan fingerprint density at radius 1 is 1.17 bits per heavy atom. The molecule has 0 bridgehead atoms. The predicted molar refractivity (Wildman–Crippen MR) is 88.0 cm³/mol. The van der Waals surface area contributed by atoms with Crippen molar-refractivity contribution in [1.29, 1.82) is 0 Å². The van der Waals surface area contributed by atoms with Crippen LogP contribution in [0.25, 0.3) is 0 Å². The van der Waals surface area contributed by atoms with Gasteiger partial charge in [-0.15, -0.1) is 0 Å². The number of hydrogen-bond acceptors (Lipinski definition) is 5. The van der Waals surface area contributed by atoms with Gasteiger partial charge in [0.1, 0.15) is 5.76 Å². The van der Waals surface area contributed by atoms with E-state index in [4.69, 9.17) is 4.52 Å². The van der Waals surface area contributed by atoms with Gasteiger partial charge in [0.2, 0.25) is 5.91 Å². The molecule has 3 rings (SSSR count). The first-order valence-corrected chi connectivity index (χ1v) is 7.91. The second-order valence-electron chi connectivity index (χ2n) is 5.90. The summed E-state index contributed by atoms with van der Waals surface area (Å²) in [6, 6.07) is 11.5. The summed E-state index contributed by atoms with van der Waals surface area (Å²) in [6.07, 6.45) is 0. The number of benzene rings is 1. The highest BCUT2D eigenvalue weighted by Crippen LogP contribution is 2.10. The van der Waals surface area contributed by atoms with Gasteiger partial charge in [-0.25, -0.2) is 0 Å². The summed E-state index contributed by atoms with van der Waals surface area (Å²) >= 11 is 0. The quantitative estimate of drug-likeness (QED) is 0.911. The first kappa shape index (κ1) is 15.7. The fraction of sp³-hybridized carbons (Fsp3) is 0.412. The van der Waals surface area contributed by atoms with E-state index >= 15 is 0 Å². The van der Waals surface area contributed by atoms with Gasteiger partial charge in [-0.2, -0.15) is 0 Å². The lowest BCUT2D eigenvalue weighted by Crippen LogP contribution is -2.48. The monoisotopic (exact) mass is 314 g/mol. The number of aromatic nitrogens is 1. The lowest BCUT2D eigenvalue weighted by molar-refractivity contribution is -0.117. The third-order valence-corrected chi connectivity index (χ3v) is 3.95. The minimum absolute atomic E-state index is 0.0387. The molecule has 1 aromatic carbocycles. The van der Waals surface area contributed by atoms with Crippen molar-refractivity contribution in [1.82, 2.24) is 15.0 Å². The molecule has 6 heteroatoms. The van der Waals surface area contributed by atoms with Crippen LogP contribution in [-0.2, 0) is 11.3 Å². The molecule has 6 nitrogen and oxygen atoms in total. The zero-order valence-corrected chi connectivity index (χ0v) is 13.4. The van der Waals surface area contributed by atoms with E-state index in [1.165, 1.54) is 0 Å². The molecule has 0 aliphatic carbocycles. The molecule has 1 fully saturated rings. The third kappa shape index (κ3) is 4.64. The maximum Gasteiger partial charge on any atom is 0.238 e. The number of rotatable bonds is 5. The van der Waals surface area contributed by atoms with Gasteiger partial charge >= 0.3 is 0 Å². The maximum absolute atomic E-state index is 12.1. The summed E-state index contributed by atoms with van der Waals surface area (Å²) in [5, 5.41) is 6.96. The summed E-state index contributed by atoms with van der Waals surface area (Å²) in [5.41, 5.74) is 1.82. The standard InChI is InChI=1S/C17H22N4O2/c1-14-11-16(19-23-14)12-20-7-9-21(10-8-20)13-17(22)18-15-5-3-2-4-6-15/h2-6,11H,7-10,12-13H2,1H3,(H,18,22). The van der Waals surface area contributed by atoms with E-state index in [2.05, 4.69) is 20.3 Å². The minimum atomic E-state index is 0.0387. The average molecular weight is 314 g/mol. The van der Waals surface area contributed by atoms with Crippen molar-refractivity contribution in [3.8, 4) is 0 Å². The molecule has 1 aromatic heterocycles. The Morgan fingerprint density at radius 3 is 2.52 bits per heavy atom. The van der Waals surface area contributed by atoms with Crippen molar-refractivity contribution in [2.24, 2.45) is 0 Å². The molecule has 1 N–H and O–H groups in total. The number of para-hydroxylation sites is 1. The molecule has 2 heterocycles. The van der Waals surface area contributed by atoms with E-state index < -0.39 is 0 Å². The Balaban J connectivity index is 1.41. The van der Waals surface area contributed by atoms with Crippen LogP contribution in [-0.4, -0.2) is 53.6 Å². The van der Waals surface area contributed by atoms with Crippen molar-refractivity contribution in [3.05, 3.63) is 47.9 Å². The number of amides is 1. The molecule has 23 heavy (non-hydrogen) atoms. The van der Waals surface area contributed by atoms with E-state index in [0.717, 1.165) is 49.9 Å². The van der Waals surface area contributed by atoms with Gasteiger partial charge in [0.25, 0.3) is 0 Å². The van der Waals surface area contributed by atoms with Crippen LogP contribution >= 0.6 is 0 Å². The summed E-state index contributed by atoms with van der Waals surface area (Å²) in [6.45, 7) is 6.79. The van der Waals surface area contributed by atoms with Crippen LogP contribution in [0.5, 0.6) is 0 Å². The van der Waals surface area contributed by atoms with Crippen LogP contribution in [0.3, 0.4) is 0 Å². The number of anilines is 1. The first-order chi connectivity index (χ1) is 11.2. The number of hydrogen-bond donors (Lipinski definition) is 1. The molecule has 0 unspecified atom stereocenters. The molecule has 1 aliphatic heterocycles. The lowest BCUT2D eigenvalue weighted by Gasteiger charge is -2.33.